The van der Waals surface area contributed by atoms with Crippen LogP contribution in [0.4, 0.5) is 8.78 Å². The lowest BCUT2D eigenvalue weighted by Gasteiger charge is -2.14. The van der Waals surface area contributed by atoms with E-state index in [-0.39, 0.29) is 5.75 Å². The fourth-order valence-corrected chi connectivity index (χ4v) is 3.13. The Morgan fingerprint density at radius 1 is 1.00 bits per heavy atom. The van der Waals surface area contributed by atoms with E-state index in [9.17, 15) is 8.78 Å². The van der Waals surface area contributed by atoms with E-state index in [1.807, 2.05) is 43.3 Å². The Labute approximate surface area is 176 Å². The number of allylic oxidation sites excluding steroid dienone is 1. The number of ether oxygens (including phenoxy) is 2. The maximum atomic E-state index is 13.6. The maximum absolute atomic E-state index is 13.6. The molecule has 30 heavy (non-hydrogen) atoms. The number of pyridine rings is 1. The summed E-state index contributed by atoms with van der Waals surface area (Å²) in [7, 11) is 0. The molecule has 5 heteroatoms. The maximum Gasteiger partial charge on any atom is 0.167 e. The molecule has 0 atom stereocenters. The summed E-state index contributed by atoms with van der Waals surface area (Å²) in [4.78, 5) is 4.77. The van der Waals surface area contributed by atoms with Gasteiger partial charge in [-0.05, 0) is 56.5 Å². The smallest absolute Gasteiger partial charge is 0.167 e. The molecular weight excluding hydrogens is 384 g/mol. The summed E-state index contributed by atoms with van der Waals surface area (Å²) < 4.78 is 38.0. The van der Waals surface area contributed by atoms with Crippen LogP contribution in [0.5, 0.6) is 11.5 Å². The van der Waals surface area contributed by atoms with E-state index in [0.29, 0.717) is 19.6 Å². The number of fused-ring (bicyclic) bond motifs is 1. The van der Waals surface area contributed by atoms with Crippen LogP contribution >= 0.6 is 0 Å². The van der Waals surface area contributed by atoms with Crippen molar-refractivity contribution in [2.45, 2.75) is 39.5 Å². The topological polar surface area (TPSA) is 31.4 Å². The van der Waals surface area contributed by atoms with Crippen LogP contribution in [0.1, 0.15) is 43.9 Å². The minimum atomic E-state index is -0.683. The Morgan fingerprint density at radius 3 is 2.60 bits per heavy atom. The average Bonchev–Trinajstić information content (AvgIpc) is 2.74. The molecule has 1 heterocycles. The number of para-hydroxylation sites is 1. The summed E-state index contributed by atoms with van der Waals surface area (Å²) in [5.41, 5.74) is 2.81. The summed E-state index contributed by atoms with van der Waals surface area (Å²) >= 11 is 0. The van der Waals surface area contributed by atoms with Crippen LogP contribution < -0.4 is 9.47 Å². The van der Waals surface area contributed by atoms with Crippen LogP contribution in [-0.4, -0.2) is 18.2 Å². The lowest BCUT2D eigenvalue weighted by Crippen LogP contribution is -2.02. The zero-order valence-electron chi connectivity index (χ0n) is 17.5. The fraction of sp³-hybridized carbons (Fsp3) is 0.320. The van der Waals surface area contributed by atoms with Gasteiger partial charge in [0.05, 0.1) is 24.4 Å². The third kappa shape index (κ3) is 5.56. The Kier molecular flexibility index (Phi) is 7.77. The lowest BCUT2D eigenvalue weighted by molar-refractivity contribution is 0.295. The number of benzene rings is 2. The summed E-state index contributed by atoms with van der Waals surface area (Å²) in [6.45, 7) is 5.21. The van der Waals surface area contributed by atoms with Crippen LogP contribution in [0.2, 0.25) is 0 Å². The molecule has 0 bridgehead atoms. The van der Waals surface area contributed by atoms with Gasteiger partial charge in [0.15, 0.2) is 11.6 Å². The predicted octanol–water partition coefficient (Wildman–Crippen LogP) is 6.87. The quantitative estimate of drug-likeness (QED) is 0.341. The van der Waals surface area contributed by atoms with Crippen LogP contribution in [0.3, 0.4) is 0 Å². The number of nitrogens with zero attached hydrogens (tertiary/aromatic N) is 1. The third-order valence-electron chi connectivity index (χ3n) is 4.80. The molecule has 158 valence electrons. The van der Waals surface area contributed by atoms with E-state index < -0.39 is 11.6 Å². The van der Waals surface area contributed by atoms with Crippen molar-refractivity contribution in [3.63, 3.8) is 0 Å². The first kappa shape index (κ1) is 21.8. The van der Waals surface area contributed by atoms with Crippen LogP contribution in [0.15, 0.2) is 48.5 Å². The van der Waals surface area contributed by atoms with Gasteiger partial charge in [0.2, 0.25) is 0 Å². The van der Waals surface area contributed by atoms with Crippen molar-refractivity contribution in [1.29, 1.82) is 0 Å². The zero-order valence-corrected chi connectivity index (χ0v) is 17.5. The van der Waals surface area contributed by atoms with Crippen molar-refractivity contribution in [2.24, 2.45) is 0 Å². The first-order chi connectivity index (χ1) is 14.6. The van der Waals surface area contributed by atoms with Gasteiger partial charge in [0, 0.05) is 17.0 Å². The molecule has 0 amide bonds. The highest BCUT2D eigenvalue weighted by atomic mass is 19.1. The van der Waals surface area contributed by atoms with Gasteiger partial charge in [-0.25, -0.2) is 13.8 Å². The second kappa shape index (κ2) is 10.7. The summed E-state index contributed by atoms with van der Waals surface area (Å²) in [6.07, 6.45) is 7.58. The van der Waals surface area contributed by atoms with E-state index in [0.717, 1.165) is 53.2 Å². The normalized spacial score (nSPS) is 11.3. The number of halogens is 2. The number of hydrogen-bond acceptors (Lipinski definition) is 3. The summed E-state index contributed by atoms with van der Waals surface area (Å²) in [5, 5.41) is 1.03. The molecule has 0 saturated heterocycles. The van der Waals surface area contributed by atoms with Gasteiger partial charge in [-0.3, -0.25) is 0 Å². The van der Waals surface area contributed by atoms with Crippen molar-refractivity contribution in [2.75, 3.05) is 13.2 Å². The first-order valence-electron chi connectivity index (χ1n) is 10.4. The van der Waals surface area contributed by atoms with Crippen molar-refractivity contribution in [3.8, 4) is 11.5 Å². The number of aromatic nitrogens is 1. The first-order valence-corrected chi connectivity index (χ1v) is 10.4. The highest BCUT2D eigenvalue weighted by molar-refractivity contribution is 5.88. The third-order valence-corrected chi connectivity index (χ3v) is 4.80. The minimum Gasteiger partial charge on any atom is -0.493 e. The standard InChI is InChI=1S/C25H27F2NO2/c1-3-4-15-30-25-18(2)22(28-23-12-8-7-10-20(23)25)11-6-5-9-16-29-24-14-13-19(26)17-21(24)27/h6-8,10-14,17H,3-5,9,15-16H2,1-2H3. The van der Waals surface area contributed by atoms with E-state index in [1.165, 1.54) is 12.1 Å². The van der Waals surface area contributed by atoms with Gasteiger partial charge >= 0.3 is 0 Å². The SMILES string of the molecule is CCCCOc1c(C)c(C=CCCCOc2ccc(F)cc2F)nc2ccccc12. The molecule has 0 fully saturated rings. The Balaban J connectivity index is 1.63. The Hall–Kier alpha value is -2.95. The molecule has 0 aliphatic heterocycles. The van der Waals surface area contributed by atoms with Gasteiger partial charge in [-0.15, -0.1) is 0 Å². The molecule has 0 aliphatic rings. The lowest BCUT2D eigenvalue weighted by atomic mass is 10.1. The average molecular weight is 411 g/mol. The predicted molar refractivity (Wildman–Crippen MR) is 117 cm³/mol. The number of rotatable bonds is 10. The minimum absolute atomic E-state index is 0.0706. The van der Waals surface area contributed by atoms with Gasteiger partial charge in [-0.2, -0.15) is 0 Å². The van der Waals surface area contributed by atoms with Gasteiger partial charge in [0.25, 0.3) is 0 Å². The van der Waals surface area contributed by atoms with Gasteiger partial charge in [0.1, 0.15) is 11.6 Å². The van der Waals surface area contributed by atoms with Crippen LogP contribution in [-0.2, 0) is 0 Å². The molecule has 0 unspecified atom stereocenters. The molecule has 0 N–H and O–H groups in total. The largest absolute Gasteiger partial charge is 0.493 e. The highest BCUT2D eigenvalue weighted by Gasteiger charge is 2.11. The van der Waals surface area contributed by atoms with E-state index in [4.69, 9.17) is 14.5 Å². The van der Waals surface area contributed by atoms with Gasteiger partial charge < -0.3 is 9.47 Å². The zero-order chi connectivity index (χ0) is 21.3. The second-order valence-corrected chi connectivity index (χ2v) is 7.14. The summed E-state index contributed by atoms with van der Waals surface area (Å²) in [5.74, 6) is -0.332. The molecule has 0 radical (unpaired) electrons. The molecule has 3 rings (SSSR count). The molecule has 2 aromatic carbocycles. The van der Waals surface area contributed by atoms with Crippen molar-refractivity contribution < 1.29 is 18.3 Å². The Bertz CT molecular complexity index is 1020. The fourth-order valence-electron chi connectivity index (χ4n) is 3.13. The van der Waals surface area contributed by atoms with Crippen molar-refractivity contribution in [1.82, 2.24) is 4.98 Å². The van der Waals surface area contributed by atoms with Gasteiger partial charge in [-0.1, -0.05) is 31.6 Å². The Morgan fingerprint density at radius 2 is 1.80 bits per heavy atom. The monoisotopic (exact) mass is 411 g/mol. The van der Waals surface area contributed by atoms with Crippen molar-refractivity contribution in [3.05, 3.63) is 71.4 Å². The molecular formula is C25H27F2NO2. The highest BCUT2D eigenvalue weighted by Crippen LogP contribution is 2.31. The molecule has 3 nitrogen and oxygen atoms in total. The molecule has 0 saturated carbocycles. The summed E-state index contributed by atoms with van der Waals surface area (Å²) in [6, 6.07) is 11.3. The van der Waals surface area contributed by atoms with E-state index >= 15 is 0 Å². The number of unbranched alkanes of at least 4 members (excludes halogenated alkanes) is 2. The number of hydrogen-bond donors (Lipinski definition) is 0. The van der Waals surface area contributed by atoms with E-state index in [2.05, 4.69) is 6.92 Å². The van der Waals surface area contributed by atoms with Crippen LogP contribution in [0.25, 0.3) is 17.0 Å². The van der Waals surface area contributed by atoms with Crippen LogP contribution in [0, 0.1) is 18.6 Å². The molecule has 3 aromatic rings. The molecule has 1 aromatic heterocycles. The van der Waals surface area contributed by atoms with E-state index in [1.54, 1.807) is 0 Å². The van der Waals surface area contributed by atoms with Crippen molar-refractivity contribution >= 4 is 17.0 Å². The second-order valence-electron chi connectivity index (χ2n) is 7.14. The molecule has 0 aliphatic carbocycles. The molecule has 0 spiro atoms.